The molecule has 1 aromatic carbocycles. The molecule has 0 spiro atoms. The molecule has 1 saturated heterocycles. The predicted octanol–water partition coefficient (Wildman–Crippen LogP) is 2.58. The van der Waals surface area contributed by atoms with Crippen molar-refractivity contribution in [2.45, 2.75) is 50.2 Å². The number of hydrogen-bond donors (Lipinski definition) is 2. The van der Waals surface area contributed by atoms with Gasteiger partial charge in [0.1, 0.15) is 0 Å². The Balaban J connectivity index is 1.20. The number of nitrogens with one attached hydrogen (secondary N) is 2. The lowest BCUT2D eigenvalue weighted by Crippen LogP contribution is -2.39. The summed E-state index contributed by atoms with van der Waals surface area (Å²) in [5.41, 5.74) is 2.90. The summed E-state index contributed by atoms with van der Waals surface area (Å²) in [7, 11) is 0. The number of amides is 2. The fourth-order valence-electron chi connectivity index (χ4n) is 4.13. The fourth-order valence-corrected chi connectivity index (χ4v) is 4.13. The molecule has 4 heteroatoms. The summed E-state index contributed by atoms with van der Waals surface area (Å²) in [6, 6.07) is 8.93. The van der Waals surface area contributed by atoms with E-state index in [2.05, 4.69) is 34.9 Å². The van der Waals surface area contributed by atoms with Crippen molar-refractivity contribution < 1.29 is 9.53 Å². The highest BCUT2D eigenvalue weighted by atomic mass is 16.5. The molecule has 1 saturated carbocycles. The van der Waals surface area contributed by atoms with E-state index in [-0.39, 0.29) is 6.03 Å². The molecule has 0 bridgehead atoms. The van der Waals surface area contributed by atoms with Crippen LogP contribution in [0.1, 0.15) is 42.7 Å². The van der Waals surface area contributed by atoms with E-state index in [1.807, 2.05) is 0 Å². The Morgan fingerprint density at radius 1 is 1.27 bits per heavy atom. The van der Waals surface area contributed by atoms with Crippen LogP contribution in [0.25, 0.3) is 0 Å². The number of urea groups is 1. The standard InChI is InChI=1S/C18H24N2O2/c21-18(19-9-8-13-6-3-4-10-22-13)20-17-15-11-12-5-1-2-7-14(12)16(15)17/h1-2,5,7,13,15-17H,3-4,6,8-11H2,(H2,19,20,21)/t13-,15+,16+,17+/m0/s1. The van der Waals surface area contributed by atoms with Crippen LogP contribution in [0.3, 0.4) is 0 Å². The molecule has 0 aromatic heterocycles. The van der Waals surface area contributed by atoms with Gasteiger partial charge >= 0.3 is 6.03 Å². The lowest BCUT2D eigenvalue weighted by molar-refractivity contribution is 0.0120. The zero-order chi connectivity index (χ0) is 14.9. The number of rotatable bonds is 4. The Kier molecular flexibility index (Phi) is 3.78. The second kappa shape index (κ2) is 5.92. The van der Waals surface area contributed by atoms with E-state index in [0.717, 1.165) is 25.9 Å². The minimum Gasteiger partial charge on any atom is -0.378 e. The maximum absolute atomic E-state index is 12.0. The topological polar surface area (TPSA) is 50.4 Å². The van der Waals surface area contributed by atoms with Gasteiger partial charge in [0.15, 0.2) is 0 Å². The third kappa shape index (κ3) is 2.72. The molecule has 2 amide bonds. The van der Waals surface area contributed by atoms with Gasteiger partial charge in [-0.1, -0.05) is 24.3 Å². The number of hydrogen-bond acceptors (Lipinski definition) is 2. The molecule has 1 aliphatic heterocycles. The molecule has 2 fully saturated rings. The molecule has 4 atom stereocenters. The highest BCUT2D eigenvalue weighted by molar-refractivity contribution is 5.75. The normalized spacial score (nSPS) is 32.0. The van der Waals surface area contributed by atoms with Crippen molar-refractivity contribution in [3.05, 3.63) is 35.4 Å². The average molecular weight is 300 g/mol. The first kappa shape index (κ1) is 14.1. The number of benzene rings is 1. The SMILES string of the molecule is O=C(NCC[C@@H]1CCCCO1)N[C@@H]1[C@@H]2Cc3ccccc3[C@H]21. The quantitative estimate of drug-likeness (QED) is 0.898. The highest BCUT2D eigenvalue weighted by Crippen LogP contribution is 2.56. The number of fused-ring (bicyclic) bond motifs is 3. The Hall–Kier alpha value is -1.55. The van der Waals surface area contributed by atoms with Crippen LogP contribution < -0.4 is 10.6 Å². The number of carbonyl (C=O) groups excluding carboxylic acids is 1. The summed E-state index contributed by atoms with van der Waals surface area (Å²) in [4.78, 5) is 12.0. The second-order valence-electron chi connectivity index (χ2n) is 6.80. The molecule has 4 rings (SSSR count). The average Bonchev–Trinajstić information content (AvgIpc) is 3.05. The van der Waals surface area contributed by atoms with Crippen LogP contribution in [0.2, 0.25) is 0 Å². The van der Waals surface area contributed by atoms with Crippen molar-refractivity contribution in [2.24, 2.45) is 5.92 Å². The minimum absolute atomic E-state index is 0.0207. The summed E-state index contributed by atoms with van der Waals surface area (Å²) < 4.78 is 5.68. The van der Waals surface area contributed by atoms with Crippen LogP contribution in [0.4, 0.5) is 4.79 Å². The molecule has 0 unspecified atom stereocenters. The molecule has 22 heavy (non-hydrogen) atoms. The van der Waals surface area contributed by atoms with Crippen molar-refractivity contribution in [1.29, 1.82) is 0 Å². The van der Waals surface area contributed by atoms with Crippen molar-refractivity contribution >= 4 is 6.03 Å². The molecule has 2 aliphatic carbocycles. The first-order valence-electron chi connectivity index (χ1n) is 8.57. The van der Waals surface area contributed by atoms with Crippen LogP contribution in [0, 0.1) is 5.92 Å². The number of carbonyl (C=O) groups is 1. The van der Waals surface area contributed by atoms with E-state index in [0.29, 0.717) is 30.5 Å². The van der Waals surface area contributed by atoms with Crippen LogP contribution in [0.5, 0.6) is 0 Å². The highest BCUT2D eigenvalue weighted by Gasteiger charge is 2.56. The first-order chi connectivity index (χ1) is 10.8. The summed E-state index contributed by atoms with van der Waals surface area (Å²) in [6.07, 6.45) is 5.93. The van der Waals surface area contributed by atoms with Gasteiger partial charge in [-0.05, 0) is 49.1 Å². The molecule has 0 radical (unpaired) electrons. The second-order valence-corrected chi connectivity index (χ2v) is 6.80. The maximum atomic E-state index is 12.0. The lowest BCUT2D eigenvalue weighted by atomic mass is 10.1. The molecule has 1 heterocycles. The number of ether oxygens (including phenoxy) is 1. The van der Waals surface area contributed by atoms with E-state index >= 15 is 0 Å². The monoisotopic (exact) mass is 300 g/mol. The third-order valence-corrected chi connectivity index (χ3v) is 5.36. The predicted molar refractivity (Wildman–Crippen MR) is 84.9 cm³/mol. The van der Waals surface area contributed by atoms with Crippen LogP contribution in [-0.4, -0.2) is 31.3 Å². The van der Waals surface area contributed by atoms with Crippen molar-refractivity contribution in [3.63, 3.8) is 0 Å². The fraction of sp³-hybridized carbons (Fsp3) is 0.611. The zero-order valence-corrected chi connectivity index (χ0v) is 12.9. The van der Waals surface area contributed by atoms with E-state index in [9.17, 15) is 4.79 Å². The van der Waals surface area contributed by atoms with Crippen LogP contribution in [-0.2, 0) is 11.2 Å². The molecule has 118 valence electrons. The Morgan fingerprint density at radius 2 is 2.18 bits per heavy atom. The molecular weight excluding hydrogens is 276 g/mol. The van der Waals surface area contributed by atoms with Gasteiger partial charge in [-0.2, -0.15) is 0 Å². The summed E-state index contributed by atoms with van der Waals surface area (Å²) in [5, 5.41) is 6.13. The molecular formula is C18H24N2O2. The van der Waals surface area contributed by atoms with E-state index in [1.54, 1.807) is 0 Å². The van der Waals surface area contributed by atoms with Crippen molar-refractivity contribution in [2.75, 3.05) is 13.2 Å². The Labute approximate surface area is 131 Å². The van der Waals surface area contributed by atoms with E-state index in [4.69, 9.17) is 4.74 Å². The van der Waals surface area contributed by atoms with Gasteiger partial charge in [0.2, 0.25) is 0 Å². The van der Waals surface area contributed by atoms with Crippen molar-refractivity contribution in [1.82, 2.24) is 10.6 Å². The van der Waals surface area contributed by atoms with Gasteiger partial charge in [-0.25, -0.2) is 4.79 Å². The molecule has 1 aromatic rings. The van der Waals surface area contributed by atoms with Gasteiger partial charge < -0.3 is 15.4 Å². The van der Waals surface area contributed by atoms with Gasteiger partial charge in [0.25, 0.3) is 0 Å². The minimum atomic E-state index is -0.0207. The van der Waals surface area contributed by atoms with Gasteiger partial charge in [-0.3, -0.25) is 0 Å². The summed E-state index contributed by atoms with van der Waals surface area (Å²) in [6.45, 7) is 1.58. The van der Waals surface area contributed by atoms with Gasteiger partial charge in [0.05, 0.1) is 6.10 Å². The zero-order valence-electron chi connectivity index (χ0n) is 12.9. The van der Waals surface area contributed by atoms with Crippen LogP contribution >= 0.6 is 0 Å². The van der Waals surface area contributed by atoms with Crippen LogP contribution in [0.15, 0.2) is 24.3 Å². The Bertz CT molecular complexity index is 554. The first-order valence-corrected chi connectivity index (χ1v) is 8.57. The van der Waals surface area contributed by atoms with Crippen molar-refractivity contribution in [3.8, 4) is 0 Å². The van der Waals surface area contributed by atoms with E-state index < -0.39 is 0 Å². The summed E-state index contributed by atoms with van der Waals surface area (Å²) in [5.74, 6) is 1.16. The molecule has 2 N–H and O–H groups in total. The largest absolute Gasteiger partial charge is 0.378 e. The van der Waals surface area contributed by atoms with Gasteiger partial charge in [-0.15, -0.1) is 0 Å². The Morgan fingerprint density at radius 3 is 3.05 bits per heavy atom. The molecule has 3 aliphatic rings. The van der Waals surface area contributed by atoms with E-state index in [1.165, 1.54) is 24.0 Å². The summed E-state index contributed by atoms with van der Waals surface area (Å²) >= 11 is 0. The lowest BCUT2D eigenvalue weighted by Gasteiger charge is -2.22. The maximum Gasteiger partial charge on any atom is 0.315 e. The smallest absolute Gasteiger partial charge is 0.315 e. The molecule has 4 nitrogen and oxygen atoms in total. The third-order valence-electron chi connectivity index (χ3n) is 5.36. The van der Waals surface area contributed by atoms with Gasteiger partial charge in [0, 0.05) is 25.1 Å².